The Hall–Kier alpha value is -2.14. The van der Waals surface area contributed by atoms with E-state index in [4.69, 9.17) is 5.26 Å². The van der Waals surface area contributed by atoms with Crippen LogP contribution in [0.1, 0.15) is 23.2 Å². The second kappa shape index (κ2) is 4.03. The molecule has 0 spiro atoms. The van der Waals surface area contributed by atoms with Gasteiger partial charge in [-0.05, 0) is 53.6 Å². The van der Waals surface area contributed by atoms with Gasteiger partial charge in [-0.1, -0.05) is 18.2 Å². The molecule has 0 N–H and O–H groups in total. The molecule has 1 aromatic heterocycles. The van der Waals surface area contributed by atoms with Crippen molar-refractivity contribution in [1.82, 2.24) is 4.98 Å². The van der Waals surface area contributed by atoms with Gasteiger partial charge in [-0.2, -0.15) is 5.26 Å². The van der Waals surface area contributed by atoms with Crippen LogP contribution < -0.4 is 0 Å². The van der Waals surface area contributed by atoms with E-state index in [0.717, 1.165) is 5.56 Å². The highest BCUT2D eigenvalue weighted by Gasteiger charge is 2.11. The van der Waals surface area contributed by atoms with Gasteiger partial charge in [-0.15, -0.1) is 0 Å². The maximum atomic E-state index is 8.85. The highest BCUT2D eigenvalue weighted by molar-refractivity contribution is 5.66. The summed E-state index contributed by atoms with van der Waals surface area (Å²) in [6.07, 6.45) is 5.34. The molecule has 2 aromatic rings. The molecule has 0 saturated heterocycles. The lowest BCUT2D eigenvalue weighted by Gasteiger charge is -2.05. The smallest absolute Gasteiger partial charge is 0.141 e. The minimum atomic E-state index is 0.475. The van der Waals surface area contributed by atoms with Gasteiger partial charge >= 0.3 is 0 Å². The molecule has 1 aromatic carbocycles. The van der Waals surface area contributed by atoms with Gasteiger partial charge in [0.2, 0.25) is 0 Å². The lowest BCUT2D eigenvalue weighted by atomic mass is 10.0. The summed E-state index contributed by atoms with van der Waals surface area (Å²) in [4.78, 5) is 3.99. The number of hydrogen-bond donors (Lipinski definition) is 0. The Labute approximate surface area is 101 Å². The predicted molar refractivity (Wildman–Crippen MR) is 66.4 cm³/mol. The fraction of sp³-hybridized carbons (Fsp3) is 0.200. The Kier molecular flexibility index (Phi) is 2.38. The summed E-state index contributed by atoms with van der Waals surface area (Å²) >= 11 is 0. The Balaban J connectivity index is 2.07. The molecule has 1 heterocycles. The Morgan fingerprint density at radius 3 is 2.71 bits per heavy atom. The van der Waals surface area contributed by atoms with E-state index in [1.54, 1.807) is 6.20 Å². The molecular weight excluding hydrogens is 208 g/mol. The van der Waals surface area contributed by atoms with Gasteiger partial charge in [0, 0.05) is 6.20 Å². The topological polar surface area (TPSA) is 36.7 Å². The van der Waals surface area contributed by atoms with Crippen molar-refractivity contribution in [3.8, 4) is 17.2 Å². The van der Waals surface area contributed by atoms with Crippen LogP contribution in [0.15, 0.2) is 36.5 Å². The van der Waals surface area contributed by atoms with Gasteiger partial charge in [-0.25, -0.2) is 4.98 Å². The molecule has 0 fully saturated rings. The molecule has 0 aliphatic heterocycles. The van der Waals surface area contributed by atoms with Crippen LogP contribution in [0.3, 0.4) is 0 Å². The molecular formula is C15H12N2. The van der Waals surface area contributed by atoms with Crippen molar-refractivity contribution in [2.45, 2.75) is 19.3 Å². The minimum absolute atomic E-state index is 0.475. The van der Waals surface area contributed by atoms with Crippen LogP contribution in [0.5, 0.6) is 0 Å². The lowest BCUT2D eigenvalue weighted by molar-refractivity contribution is 0.912. The van der Waals surface area contributed by atoms with Gasteiger partial charge < -0.3 is 0 Å². The largest absolute Gasteiger partial charge is 0.246 e. The van der Waals surface area contributed by atoms with Gasteiger partial charge in [0.15, 0.2) is 0 Å². The molecule has 1 aliphatic carbocycles. The standard InChI is InChI=1S/C15H12N2/c16-10-15-9-14(6-7-17-15)13-5-4-11-2-1-3-12(11)8-13/h4-9H,1-3H2. The first-order valence-corrected chi connectivity index (χ1v) is 5.85. The zero-order chi connectivity index (χ0) is 11.7. The van der Waals surface area contributed by atoms with Crippen LogP contribution in [0, 0.1) is 11.3 Å². The highest BCUT2D eigenvalue weighted by Crippen LogP contribution is 2.27. The van der Waals surface area contributed by atoms with Crippen LogP contribution in [-0.4, -0.2) is 4.98 Å². The zero-order valence-electron chi connectivity index (χ0n) is 9.48. The summed E-state index contributed by atoms with van der Waals surface area (Å²) in [6, 6.07) is 12.5. The molecule has 0 bridgehead atoms. The molecule has 0 atom stereocenters. The number of fused-ring (bicyclic) bond motifs is 1. The molecule has 82 valence electrons. The number of rotatable bonds is 1. The van der Waals surface area contributed by atoms with Crippen LogP contribution in [0.2, 0.25) is 0 Å². The molecule has 0 saturated carbocycles. The third kappa shape index (κ3) is 1.81. The average molecular weight is 220 g/mol. The molecule has 0 unspecified atom stereocenters. The van der Waals surface area contributed by atoms with Crippen LogP contribution >= 0.6 is 0 Å². The third-order valence-corrected chi connectivity index (χ3v) is 3.31. The normalized spacial score (nSPS) is 13.1. The number of benzene rings is 1. The Morgan fingerprint density at radius 2 is 1.82 bits per heavy atom. The van der Waals surface area contributed by atoms with Crippen molar-refractivity contribution in [2.75, 3.05) is 0 Å². The third-order valence-electron chi connectivity index (χ3n) is 3.31. The van der Waals surface area contributed by atoms with E-state index in [0.29, 0.717) is 5.69 Å². The van der Waals surface area contributed by atoms with Crippen LogP contribution in [-0.2, 0) is 12.8 Å². The quantitative estimate of drug-likeness (QED) is 0.740. The van der Waals surface area contributed by atoms with E-state index in [9.17, 15) is 0 Å². The fourth-order valence-electron chi connectivity index (χ4n) is 2.42. The molecule has 1 aliphatic rings. The summed E-state index contributed by atoms with van der Waals surface area (Å²) in [6.45, 7) is 0. The number of hydrogen-bond acceptors (Lipinski definition) is 2. The van der Waals surface area contributed by atoms with E-state index < -0.39 is 0 Å². The fourth-order valence-corrected chi connectivity index (χ4v) is 2.42. The first-order valence-electron chi connectivity index (χ1n) is 5.85. The van der Waals surface area contributed by atoms with E-state index in [1.807, 2.05) is 12.1 Å². The van der Waals surface area contributed by atoms with Crippen molar-refractivity contribution in [1.29, 1.82) is 5.26 Å². The van der Waals surface area contributed by atoms with Gasteiger partial charge in [-0.3, -0.25) is 0 Å². The molecule has 0 amide bonds. The second-order valence-electron chi connectivity index (χ2n) is 4.38. The predicted octanol–water partition coefficient (Wildman–Crippen LogP) is 3.11. The van der Waals surface area contributed by atoms with E-state index >= 15 is 0 Å². The van der Waals surface area contributed by atoms with Crippen molar-refractivity contribution in [3.05, 3.63) is 53.3 Å². The van der Waals surface area contributed by atoms with Crippen molar-refractivity contribution >= 4 is 0 Å². The number of aryl methyl sites for hydroxylation is 2. The average Bonchev–Trinajstić information content (AvgIpc) is 2.86. The van der Waals surface area contributed by atoms with Crippen molar-refractivity contribution in [2.24, 2.45) is 0 Å². The molecule has 0 radical (unpaired) electrons. The van der Waals surface area contributed by atoms with Crippen LogP contribution in [0.4, 0.5) is 0 Å². The number of aromatic nitrogens is 1. The first-order chi connectivity index (χ1) is 8.36. The maximum Gasteiger partial charge on any atom is 0.141 e. The molecule has 17 heavy (non-hydrogen) atoms. The van der Waals surface area contributed by atoms with E-state index in [2.05, 4.69) is 29.3 Å². The first kappa shape index (κ1) is 10.0. The van der Waals surface area contributed by atoms with E-state index in [1.165, 1.54) is 36.0 Å². The van der Waals surface area contributed by atoms with E-state index in [-0.39, 0.29) is 0 Å². The summed E-state index contributed by atoms with van der Waals surface area (Å²) in [5, 5.41) is 8.85. The number of pyridine rings is 1. The SMILES string of the molecule is N#Cc1cc(-c2ccc3c(c2)CCC3)ccn1. The highest BCUT2D eigenvalue weighted by atomic mass is 14.7. The summed E-state index contributed by atoms with van der Waals surface area (Å²) in [5.74, 6) is 0. The van der Waals surface area contributed by atoms with Gasteiger partial charge in [0.1, 0.15) is 11.8 Å². The zero-order valence-corrected chi connectivity index (χ0v) is 9.48. The Morgan fingerprint density at radius 1 is 1.00 bits per heavy atom. The minimum Gasteiger partial charge on any atom is -0.246 e. The second-order valence-corrected chi connectivity index (χ2v) is 4.38. The molecule has 2 heteroatoms. The summed E-state index contributed by atoms with van der Waals surface area (Å²) in [5.41, 5.74) is 5.67. The summed E-state index contributed by atoms with van der Waals surface area (Å²) < 4.78 is 0. The van der Waals surface area contributed by atoms with Crippen LogP contribution in [0.25, 0.3) is 11.1 Å². The maximum absolute atomic E-state index is 8.85. The lowest BCUT2D eigenvalue weighted by Crippen LogP contribution is -1.87. The van der Waals surface area contributed by atoms with Gasteiger partial charge in [0.05, 0.1) is 0 Å². The molecule has 3 rings (SSSR count). The number of nitriles is 1. The van der Waals surface area contributed by atoms with Gasteiger partial charge in [0.25, 0.3) is 0 Å². The summed E-state index contributed by atoms with van der Waals surface area (Å²) in [7, 11) is 0. The monoisotopic (exact) mass is 220 g/mol. The number of nitrogens with zero attached hydrogens (tertiary/aromatic N) is 2. The molecule has 2 nitrogen and oxygen atoms in total. The van der Waals surface area contributed by atoms with Crippen molar-refractivity contribution < 1.29 is 0 Å². The Bertz CT molecular complexity index is 609. The van der Waals surface area contributed by atoms with Crippen molar-refractivity contribution in [3.63, 3.8) is 0 Å².